The average Bonchev–Trinajstić information content (AvgIpc) is 2.82. The van der Waals surface area contributed by atoms with Crippen LogP contribution in [-0.4, -0.2) is 29.0 Å². The Hall–Kier alpha value is -1.42. The lowest BCUT2D eigenvalue weighted by molar-refractivity contribution is 0.108. The predicted molar refractivity (Wildman–Crippen MR) is 66.1 cm³/mol. The molecule has 3 rings (SSSR count). The quantitative estimate of drug-likeness (QED) is 0.732. The van der Waals surface area contributed by atoms with E-state index in [1.807, 2.05) is 0 Å². The van der Waals surface area contributed by atoms with Gasteiger partial charge in [0.1, 0.15) is 0 Å². The summed E-state index contributed by atoms with van der Waals surface area (Å²) in [4.78, 5) is 13.0. The molecule has 0 aliphatic carbocycles. The molecule has 4 nitrogen and oxygen atoms in total. The van der Waals surface area contributed by atoms with Crippen molar-refractivity contribution in [2.24, 2.45) is 5.29 Å². The SMILES string of the molecule is O=NN1CCC(N2Cc3ccccc3C2)CC1. The fourth-order valence-corrected chi connectivity index (χ4v) is 2.92. The Balaban J connectivity index is 1.64. The molecule has 17 heavy (non-hydrogen) atoms. The van der Waals surface area contributed by atoms with Gasteiger partial charge in [-0.2, -0.15) is 0 Å². The summed E-state index contributed by atoms with van der Waals surface area (Å²) >= 11 is 0. The first kappa shape index (κ1) is 10.7. The molecule has 1 fully saturated rings. The molecule has 0 bridgehead atoms. The van der Waals surface area contributed by atoms with Crippen LogP contribution in [0.3, 0.4) is 0 Å². The van der Waals surface area contributed by atoms with Crippen molar-refractivity contribution in [1.82, 2.24) is 9.91 Å². The van der Waals surface area contributed by atoms with Crippen LogP contribution in [0.5, 0.6) is 0 Å². The van der Waals surface area contributed by atoms with Gasteiger partial charge in [0.05, 0.1) is 5.29 Å². The highest BCUT2D eigenvalue weighted by Crippen LogP contribution is 2.28. The zero-order valence-corrected chi connectivity index (χ0v) is 9.88. The second-order valence-electron chi connectivity index (χ2n) is 4.94. The van der Waals surface area contributed by atoms with Crippen LogP contribution in [0.4, 0.5) is 0 Å². The van der Waals surface area contributed by atoms with Gasteiger partial charge in [-0.05, 0) is 24.0 Å². The van der Waals surface area contributed by atoms with E-state index >= 15 is 0 Å². The normalized spacial score (nSPS) is 21.5. The molecule has 1 aromatic carbocycles. The third kappa shape index (κ3) is 2.05. The van der Waals surface area contributed by atoms with Crippen molar-refractivity contribution in [1.29, 1.82) is 0 Å². The summed E-state index contributed by atoms with van der Waals surface area (Å²) < 4.78 is 0. The van der Waals surface area contributed by atoms with Gasteiger partial charge in [-0.25, -0.2) is 0 Å². The molecule has 0 N–H and O–H groups in total. The first-order valence-electron chi connectivity index (χ1n) is 6.26. The Bertz CT molecular complexity index is 388. The van der Waals surface area contributed by atoms with Crippen molar-refractivity contribution in [2.75, 3.05) is 13.1 Å². The van der Waals surface area contributed by atoms with Crippen LogP contribution in [0.1, 0.15) is 24.0 Å². The first-order chi connectivity index (χ1) is 8.36. The third-order valence-electron chi connectivity index (χ3n) is 3.94. The van der Waals surface area contributed by atoms with Crippen LogP contribution in [0.15, 0.2) is 29.6 Å². The van der Waals surface area contributed by atoms with Crippen LogP contribution in [0.25, 0.3) is 0 Å². The number of hydrogen-bond donors (Lipinski definition) is 0. The molecule has 2 aliphatic heterocycles. The lowest BCUT2D eigenvalue weighted by Gasteiger charge is -2.33. The van der Waals surface area contributed by atoms with E-state index in [4.69, 9.17) is 0 Å². The van der Waals surface area contributed by atoms with Crippen molar-refractivity contribution in [2.45, 2.75) is 32.0 Å². The van der Waals surface area contributed by atoms with Gasteiger partial charge >= 0.3 is 0 Å². The van der Waals surface area contributed by atoms with Crippen LogP contribution in [0, 0.1) is 4.91 Å². The molecule has 0 atom stereocenters. The number of nitrogens with zero attached hydrogens (tertiary/aromatic N) is 3. The van der Waals surface area contributed by atoms with Crippen LogP contribution in [-0.2, 0) is 13.1 Å². The highest BCUT2D eigenvalue weighted by Gasteiger charge is 2.28. The molecule has 0 aromatic heterocycles. The largest absolute Gasteiger partial charge is 0.292 e. The van der Waals surface area contributed by atoms with E-state index in [2.05, 4.69) is 34.5 Å². The monoisotopic (exact) mass is 231 g/mol. The number of rotatable bonds is 2. The summed E-state index contributed by atoms with van der Waals surface area (Å²) in [6, 6.07) is 9.28. The standard InChI is InChI=1S/C13H17N3O/c17-14-16-7-5-13(6-8-16)15-9-11-3-1-2-4-12(11)10-15/h1-4,13H,5-10H2. The van der Waals surface area contributed by atoms with Gasteiger partial charge in [0.25, 0.3) is 0 Å². The number of hydrogen-bond acceptors (Lipinski definition) is 3. The van der Waals surface area contributed by atoms with Gasteiger partial charge < -0.3 is 0 Å². The lowest BCUT2D eigenvalue weighted by Crippen LogP contribution is -2.40. The van der Waals surface area contributed by atoms with Crippen molar-refractivity contribution >= 4 is 0 Å². The highest BCUT2D eigenvalue weighted by atomic mass is 16.3. The fourth-order valence-electron chi connectivity index (χ4n) is 2.92. The van der Waals surface area contributed by atoms with E-state index < -0.39 is 0 Å². The molecule has 0 unspecified atom stereocenters. The minimum atomic E-state index is 0.611. The van der Waals surface area contributed by atoms with E-state index in [0.717, 1.165) is 39.0 Å². The number of fused-ring (bicyclic) bond motifs is 1. The predicted octanol–water partition coefficient (Wildman–Crippen LogP) is 2.15. The van der Waals surface area contributed by atoms with E-state index in [9.17, 15) is 4.91 Å². The first-order valence-corrected chi connectivity index (χ1v) is 6.26. The summed E-state index contributed by atoms with van der Waals surface area (Å²) in [5.41, 5.74) is 2.92. The maximum Gasteiger partial charge on any atom is 0.0523 e. The Labute approximate surface area is 101 Å². The Kier molecular flexibility index (Phi) is 2.81. The van der Waals surface area contributed by atoms with Crippen molar-refractivity contribution in [3.8, 4) is 0 Å². The van der Waals surface area contributed by atoms with Gasteiger partial charge in [-0.15, -0.1) is 4.91 Å². The second kappa shape index (κ2) is 4.45. The molecular weight excluding hydrogens is 214 g/mol. The summed E-state index contributed by atoms with van der Waals surface area (Å²) in [5.74, 6) is 0. The smallest absolute Gasteiger partial charge is 0.0523 e. The molecule has 1 saturated heterocycles. The minimum absolute atomic E-state index is 0.611. The molecule has 0 saturated carbocycles. The molecule has 90 valence electrons. The summed E-state index contributed by atoms with van der Waals surface area (Å²) in [6.45, 7) is 3.74. The van der Waals surface area contributed by atoms with Crippen molar-refractivity contribution < 1.29 is 0 Å². The summed E-state index contributed by atoms with van der Waals surface area (Å²) in [7, 11) is 0. The third-order valence-corrected chi connectivity index (χ3v) is 3.94. The fraction of sp³-hybridized carbons (Fsp3) is 0.538. The lowest BCUT2D eigenvalue weighted by atomic mass is 10.0. The van der Waals surface area contributed by atoms with E-state index in [1.54, 1.807) is 5.01 Å². The van der Waals surface area contributed by atoms with E-state index in [-0.39, 0.29) is 0 Å². The average molecular weight is 231 g/mol. The summed E-state index contributed by atoms with van der Waals surface area (Å²) in [5, 5.41) is 4.65. The molecule has 0 spiro atoms. The number of nitroso groups, excluding NO2 is 1. The van der Waals surface area contributed by atoms with E-state index in [1.165, 1.54) is 11.1 Å². The minimum Gasteiger partial charge on any atom is -0.292 e. The summed E-state index contributed by atoms with van der Waals surface area (Å²) in [6.07, 6.45) is 2.11. The molecule has 0 amide bonds. The molecule has 1 aromatic rings. The molecule has 4 heteroatoms. The molecule has 2 aliphatic rings. The maximum atomic E-state index is 10.4. The topological polar surface area (TPSA) is 35.9 Å². The van der Waals surface area contributed by atoms with Crippen LogP contribution >= 0.6 is 0 Å². The van der Waals surface area contributed by atoms with Gasteiger partial charge in [-0.3, -0.25) is 9.91 Å². The van der Waals surface area contributed by atoms with Crippen molar-refractivity contribution in [3.05, 3.63) is 40.3 Å². The zero-order valence-electron chi connectivity index (χ0n) is 9.88. The Morgan fingerprint density at radius 2 is 1.65 bits per heavy atom. The number of piperidine rings is 1. The van der Waals surface area contributed by atoms with Gasteiger partial charge in [0.2, 0.25) is 0 Å². The molecular formula is C13H17N3O. The van der Waals surface area contributed by atoms with Crippen LogP contribution in [0.2, 0.25) is 0 Å². The van der Waals surface area contributed by atoms with E-state index in [0.29, 0.717) is 6.04 Å². The number of benzene rings is 1. The van der Waals surface area contributed by atoms with Gasteiger partial charge in [0.15, 0.2) is 0 Å². The van der Waals surface area contributed by atoms with Gasteiger partial charge in [-0.1, -0.05) is 24.3 Å². The second-order valence-corrected chi connectivity index (χ2v) is 4.94. The van der Waals surface area contributed by atoms with Gasteiger partial charge in [0, 0.05) is 32.2 Å². The van der Waals surface area contributed by atoms with Crippen LogP contribution < -0.4 is 0 Å². The maximum absolute atomic E-state index is 10.4. The Morgan fingerprint density at radius 3 is 2.18 bits per heavy atom. The van der Waals surface area contributed by atoms with Crippen molar-refractivity contribution in [3.63, 3.8) is 0 Å². The Morgan fingerprint density at radius 1 is 1.06 bits per heavy atom. The molecule has 2 heterocycles. The highest BCUT2D eigenvalue weighted by molar-refractivity contribution is 5.30. The molecule has 0 radical (unpaired) electrons. The zero-order chi connectivity index (χ0) is 11.7.